The first-order valence-electron chi connectivity index (χ1n) is 6.44. The summed E-state index contributed by atoms with van der Waals surface area (Å²) in [5.41, 5.74) is 1.67. The summed E-state index contributed by atoms with van der Waals surface area (Å²) in [6, 6.07) is 8.97. The number of rotatable bonds is 6. The fourth-order valence-electron chi connectivity index (χ4n) is 1.86. The predicted octanol–water partition coefficient (Wildman–Crippen LogP) is 2.78. The van der Waals surface area contributed by atoms with Crippen molar-refractivity contribution in [3.63, 3.8) is 0 Å². The molecule has 20 heavy (non-hydrogen) atoms. The van der Waals surface area contributed by atoms with Crippen LogP contribution >= 0.6 is 11.3 Å². The first-order valence-corrected chi connectivity index (χ1v) is 7.32. The zero-order valence-electron chi connectivity index (χ0n) is 11.3. The number of hydrogen-bond donors (Lipinski definition) is 2. The number of hydrogen-bond acceptors (Lipinski definition) is 3. The average molecular weight is 292 g/mol. The first kappa shape index (κ1) is 14.7. The molecule has 1 amide bonds. The van der Waals surface area contributed by atoms with Gasteiger partial charge < -0.3 is 10.6 Å². The quantitative estimate of drug-likeness (QED) is 0.804. The van der Waals surface area contributed by atoms with E-state index in [-0.39, 0.29) is 11.7 Å². The summed E-state index contributed by atoms with van der Waals surface area (Å²) in [6.07, 6.45) is 0. The fourth-order valence-corrected chi connectivity index (χ4v) is 2.61. The van der Waals surface area contributed by atoms with Crippen LogP contribution < -0.4 is 10.6 Å². The molecule has 0 fully saturated rings. The molecule has 2 N–H and O–H groups in total. The lowest BCUT2D eigenvalue weighted by atomic mass is 10.1. The second-order valence-electron chi connectivity index (χ2n) is 4.45. The van der Waals surface area contributed by atoms with E-state index in [0.29, 0.717) is 25.2 Å². The second-order valence-corrected chi connectivity index (χ2v) is 5.40. The molecule has 0 aliphatic rings. The summed E-state index contributed by atoms with van der Waals surface area (Å²) in [4.78, 5) is 11.6. The van der Waals surface area contributed by atoms with Crippen molar-refractivity contribution in [3.05, 3.63) is 47.1 Å². The second kappa shape index (κ2) is 7.17. The van der Waals surface area contributed by atoms with Crippen LogP contribution in [0.25, 0.3) is 10.4 Å². The van der Waals surface area contributed by atoms with Gasteiger partial charge in [0.05, 0.1) is 0 Å². The molecule has 0 saturated carbocycles. The first-order chi connectivity index (χ1) is 9.66. The summed E-state index contributed by atoms with van der Waals surface area (Å²) in [7, 11) is 0. The van der Waals surface area contributed by atoms with Crippen molar-refractivity contribution in [2.45, 2.75) is 13.5 Å². The smallest absolute Gasteiger partial charge is 0.216 e. The van der Waals surface area contributed by atoms with Crippen LogP contribution in [0, 0.1) is 5.82 Å². The number of carbonyl (C=O) groups excluding carboxylic acids is 1. The third-order valence-corrected chi connectivity index (χ3v) is 3.73. The van der Waals surface area contributed by atoms with E-state index in [9.17, 15) is 9.18 Å². The predicted molar refractivity (Wildman–Crippen MR) is 80.1 cm³/mol. The van der Waals surface area contributed by atoms with Crippen LogP contribution in [0.2, 0.25) is 0 Å². The molecule has 2 aromatic rings. The Hall–Kier alpha value is -1.72. The van der Waals surface area contributed by atoms with Crippen molar-refractivity contribution in [2.24, 2.45) is 0 Å². The van der Waals surface area contributed by atoms with E-state index in [1.165, 1.54) is 24.3 Å². The normalized spacial score (nSPS) is 10.5. The SMILES string of the molecule is CC(=O)NCCNCc1ccc(F)c(-c2cccs2)c1. The number of thiophene rings is 1. The topological polar surface area (TPSA) is 41.1 Å². The van der Waals surface area contributed by atoms with Crippen LogP contribution in [0.1, 0.15) is 12.5 Å². The Morgan fingerprint density at radius 1 is 1.30 bits per heavy atom. The molecule has 0 atom stereocenters. The van der Waals surface area contributed by atoms with Gasteiger partial charge in [-0.15, -0.1) is 11.3 Å². The standard InChI is InChI=1S/C15H17FN2OS/c1-11(19)18-7-6-17-10-12-4-5-14(16)13(9-12)15-3-2-8-20-15/h2-5,8-9,17H,6-7,10H2,1H3,(H,18,19). The van der Waals surface area contributed by atoms with E-state index in [1.54, 1.807) is 6.07 Å². The fraction of sp³-hybridized carbons (Fsp3) is 0.267. The summed E-state index contributed by atoms with van der Waals surface area (Å²) in [5, 5.41) is 7.87. The van der Waals surface area contributed by atoms with Crippen molar-refractivity contribution in [1.29, 1.82) is 0 Å². The summed E-state index contributed by atoms with van der Waals surface area (Å²) >= 11 is 1.53. The molecule has 1 aromatic carbocycles. The molecule has 0 radical (unpaired) electrons. The van der Waals surface area contributed by atoms with Crippen LogP contribution in [0.3, 0.4) is 0 Å². The molecular formula is C15H17FN2OS. The maximum atomic E-state index is 13.8. The zero-order chi connectivity index (χ0) is 14.4. The van der Waals surface area contributed by atoms with Crippen LogP contribution in [-0.4, -0.2) is 19.0 Å². The third kappa shape index (κ3) is 4.15. The van der Waals surface area contributed by atoms with Gasteiger partial charge in [-0.05, 0) is 29.1 Å². The Bertz CT molecular complexity index is 569. The van der Waals surface area contributed by atoms with Gasteiger partial charge in [0.15, 0.2) is 0 Å². The van der Waals surface area contributed by atoms with E-state index >= 15 is 0 Å². The van der Waals surface area contributed by atoms with Gasteiger partial charge >= 0.3 is 0 Å². The molecule has 1 aromatic heterocycles. The highest BCUT2D eigenvalue weighted by Crippen LogP contribution is 2.28. The van der Waals surface area contributed by atoms with Gasteiger partial charge in [0.2, 0.25) is 5.91 Å². The number of amides is 1. The third-order valence-electron chi connectivity index (χ3n) is 2.82. The van der Waals surface area contributed by atoms with Crippen LogP contribution in [0.4, 0.5) is 4.39 Å². The minimum Gasteiger partial charge on any atom is -0.355 e. The van der Waals surface area contributed by atoms with Crippen molar-refractivity contribution in [3.8, 4) is 10.4 Å². The molecular weight excluding hydrogens is 275 g/mol. The van der Waals surface area contributed by atoms with E-state index in [4.69, 9.17) is 0 Å². The van der Waals surface area contributed by atoms with Gasteiger partial charge in [-0.25, -0.2) is 4.39 Å². The van der Waals surface area contributed by atoms with E-state index in [2.05, 4.69) is 10.6 Å². The van der Waals surface area contributed by atoms with Crippen LogP contribution in [0.5, 0.6) is 0 Å². The molecule has 2 rings (SSSR count). The van der Waals surface area contributed by atoms with Gasteiger partial charge in [0, 0.05) is 37.0 Å². The highest BCUT2D eigenvalue weighted by atomic mass is 32.1. The molecule has 0 aliphatic carbocycles. The molecule has 0 unspecified atom stereocenters. The maximum absolute atomic E-state index is 13.8. The Morgan fingerprint density at radius 2 is 2.15 bits per heavy atom. The molecule has 5 heteroatoms. The average Bonchev–Trinajstić information content (AvgIpc) is 2.93. The largest absolute Gasteiger partial charge is 0.355 e. The van der Waals surface area contributed by atoms with Crippen molar-refractivity contribution in [1.82, 2.24) is 10.6 Å². The van der Waals surface area contributed by atoms with E-state index in [1.807, 2.05) is 23.6 Å². The molecule has 106 valence electrons. The highest BCUT2D eigenvalue weighted by Gasteiger charge is 2.07. The number of carbonyl (C=O) groups is 1. The highest BCUT2D eigenvalue weighted by molar-refractivity contribution is 7.13. The molecule has 3 nitrogen and oxygen atoms in total. The van der Waals surface area contributed by atoms with E-state index < -0.39 is 0 Å². The van der Waals surface area contributed by atoms with Crippen LogP contribution in [0.15, 0.2) is 35.7 Å². The van der Waals surface area contributed by atoms with Crippen molar-refractivity contribution in [2.75, 3.05) is 13.1 Å². The lowest BCUT2D eigenvalue weighted by molar-refractivity contribution is -0.118. The molecule has 1 heterocycles. The van der Waals surface area contributed by atoms with Crippen molar-refractivity contribution >= 4 is 17.2 Å². The summed E-state index contributed by atoms with van der Waals surface area (Å²) < 4.78 is 13.8. The molecule has 0 saturated heterocycles. The molecule has 0 bridgehead atoms. The minimum atomic E-state index is -0.200. The number of halogens is 1. The van der Waals surface area contributed by atoms with E-state index in [0.717, 1.165) is 10.4 Å². The number of benzene rings is 1. The molecule has 0 aliphatic heterocycles. The lowest BCUT2D eigenvalue weighted by Gasteiger charge is -2.08. The van der Waals surface area contributed by atoms with Crippen LogP contribution in [-0.2, 0) is 11.3 Å². The Balaban J connectivity index is 1.93. The van der Waals surface area contributed by atoms with Gasteiger partial charge in [-0.1, -0.05) is 12.1 Å². The Kier molecular flexibility index (Phi) is 5.26. The van der Waals surface area contributed by atoms with Gasteiger partial charge in [0.25, 0.3) is 0 Å². The summed E-state index contributed by atoms with van der Waals surface area (Å²) in [6.45, 7) is 3.42. The summed E-state index contributed by atoms with van der Waals surface area (Å²) in [5.74, 6) is -0.233. The monoisotopic (exact) mass is 292 g/mol. The Labute approximate surface area is 121 Å². The van der Waals surface area contributed by atoms with Gasteiger partial charge in [-0.2, -0.15) is 0 Å². The number of nitrogens with one attached hydrogen (secondary N) is 2. The zero-order valence-corrected chi connectivity index (χ0v) is 12.1. The minimum absolute atomic E-state index is 0.0337. The lowest BCUT2D eigenvalue weighted by Crippen LogP contribution is -2.29. The van der Waals surface area contributed by atoms with Crippen molar-refractivity contribution < 1.29 is 9.18 Å². The Morgan fingerprint density at radius 3 is 2.85 bits per heavy atom. The molecule has 0 spiro atoms. The van der Waals surface area contributed by atoms with Gasteiger partial charge in [0.1, 0.15) is 5.82 Å². The van der Waals surface area contributed by atoms with Gasteiger partial charge in [-0.3, -0.25) is 4.79 Å². The maximum Gasteiger partial charge on any atom is 0.216 e.